The molecule has 1 fully saturated rings. The Balaban J connectivity index is 2.04. The van der Waals surface area contributed by atoms with Crippen molar-refractivity contribution in [1.29, 1.82) is 0 Å². The number of ether oxygens (including phenoxy) is 1. The van der Waals surface area contributed by atoms with Gasteiger partial charge in [0.25, 0.3) is 5.91 Å². The van der Waals surface area contributed by atoms with Gasteiger partial charge in [-0.1, -0.05) is 19.6 Å². The fourth-order valence-electron chi connectivity index (χ4n) is 3.62. The quantitative estimate of drug-likeness (QED) is 0.888. The number of methoxy groups -OCH3 is 1. The smallest absolute Gasteiger partial charge is 0.257 e. The number of amides is 1. The predicted octanol–water partition coefficient (Wildman–Crippen LogP) is 3.05. The third-order valence-electron chi connectivity index (χ3n) is 5.32. The zero-order valence-electron chi connectivity index (χ0n) is 16.8. The summed E-state index contributed by atoms with van der Waals surface area (Å²) in [6.07, 6.45) is 4.98. The fraction of sp³-hybridized carbons (Fsp3) is 0.409. The van der Waals surface area contributed by atoms with Crippen LogP contribution in [0.4, 0.5) is 0 Å². The lowest BCUT2D eigenvalue weighted by atomic mass is 9.93. The van der Waals surface area contributed by atoms with Crippen molar-refractivity contribution in [2.24, 2.45) is 0 Å². The second-order valence-corrected chi connectivity index (χ2v) is 7.08. The van der Waals surface area contributed by atoms with Crippen molar-refractivity contribution in [3.63, 3.8) is 0 Å². The van der Waals surface area contributed by atoms with Crippen molar-refractivity contribution in [2.75, 3.05) is 40.3 Å². The van der Waals surface area contributed by atoms with Crippen molar-refractivity contribution in [2.45, 2.75) is 20.3 Å². The molecule has 1 aromatic rings. The zero-order chi connectivity index (χ0) is 19.6. The number of piperazine rings is 1. The first-order chi connectivity index (χ1) is 13.0. The highest BCUT2D eigenvalue weighted by atomic mass is 16.5. The Morgan fingerprint density at radius 1 is 1.30 bits per heavy atom. The molecule has 2 heterocycles. The van der Waals surface area contributed by atoms with E-state index < -0.39 is 0 Å². The SMILES string of the molecule is C=C1C(C)=CC(c2cc(CC)c(C(=O)N3CCNCC3)c(OC)c2)=CN1C. The molecule has 1 aromatic carbocycles. The predicted molar refractivity (Wildman–Crippen MR) is 110 cm³/mol. The van der Waals surface area contributed by atoms with Crippen LogP contribution < -0.4 is 10.1 Å². The van der Waals surface area contributed by atoms with E-state index in [1.807, 2.05) is 22.9 Å². The maximum absolute atomic E-state index is 13.2. The van der Waals surface area contributed by atoms with Crippen LogP contribution in [-0.4, -0.2) is 56.0 Å². The zero-order valence-corrected chi connectivity index (χ0v) is 16.8. The van der Waals surface area contributed by atoms with Gasteiger partial charge >= 0.3 is 0 Å². The molecule has 0 radical (unpaired) electrons. The number of likely N-dealkylation sites (N-methyl/N-ethyl adjacent to an activating group) is 1. The monoisotopic (exact) mass is 367 g/mol. The molecule has 0 atom stereocenters. The number of nitrogens with zero attached hydrogens (tertiary/aromatic N) is 2. The summed E-state index contributed by atoms with van der Waals surface area (Å²) in [5.41, 5.74) is 5.99. The summed E-state index contributed by atoms with van der Waals surface area (Å²) in [5.74, 6) is 0.707. The second kappa shape index (κ2) is 8.01. The molecule has 2 aliphatic heterocycles. The molecule has 27 heavy (non-hydrogen) atoms. The van der Waals surface area contributed by atoms with E-state index in [0.29, 0.717) is 11.3 Å². The molecule has 1 amide bonds. The average molecular weight is 367 g/mol. The van der Waals surface area contributed by atoms with Gasteiger partial charge in [0, 0.05) is 45.1 Å². The van der Waals surface area contributed by atoms with Gasteiger partial charge in [-0.25, -0.2) is 0 Å². The highest BCUT2D eigenvalue weighted by Gasteiger charge is 2.25. The van der Waals surface area contributed by atoms with Gasteiger partial charge in [-0.3, -0.25) is 4.79 Å². The van der Waals surface area contributed by atoms with E-state index in [9.17, 15) is 4.79 Å². The van der Waals surface area contributed by atoms with Gasteiger partial charge in [0.05, 0.1) is 12.7 Å². The molecule has 5 nitrogen and oxygen atoms in total. The first kappa shape index (κ1) is 19.2. The molecule has 2 aliphatic rings. The topological polar surface area (TPSA) is 44.8 Å². The lowest BCUT2D eigenvalue weighted by Crippen LogP contribution is -2.46. The number of allylic oxidation sites excluding steroid dienone is 3. The Labute approximate surface area is 162 Å². The van der Waals surface area contributed by atoms with Gasteiger partial charge in [0.1, 0.15) is 5.75 Å². The summed E-state index contributed by atoms with van der Waals surface area (Å²) in [6.45, 7) is 11.4. The molecular formula is C22H29N3O2. The summed E-state index contributed by atoms with van der Waals surface area (Å²) in [7, 11) is 3.64. The molecule has 0 aromatic heterocycles. The van der Waals surface area contributed by atoms with E-state index in [1.54, 1.807) is 7.11 Å². The minimum atomic E-state index is 0.0617. The molecule has 1 saturated heterocycles. The van der Waals surface area contributed by atoms with Crippen molar-refractivity contribution in [3.05, 3.63) is 58.9 Å². The molecule has 3 rings (SSSR count). The number of hydrogen-bond donors (Lipinski definition) is 1. The van der Waals surface area contributed by atoms with Crippen LogP contribution >= 0.6 is 0 Å². The number of hydrogen-bond acceptors (Lipinski definition) is 4. The number of benzene rings is 1. The molecule has 0 unspecified atom stereocenters. The maximum atomic E-state index is 13.2. The molecule has 144 valence electrons. The highest BCUT2D eigenvalue weighted by molar-refractivity contribution is 5.99. The van der Waals surface area contributed by atoms with Crippen LogP contribution in [0.2, 0.25) is 0 Å². The Morgan fingerprint density at radius 3 is 2.59 bits per heavy atom. The van der Waals surface area contributed by atoms with E-state index in [4.69, 9.17) is 4.74 Å². The van der Waals surface area contributed by atoms with Crippen LogP contribution in [0.5, 0.6) is 5.75 Å². The molecule has 0 spiro atoms. The minimum Gasteiger partial charge on any atom is -0.496 e. The summed E-state index contributed by atoms with van der Waals surface area (Å²) in [4.78, 5) is 17.1. The van der Waals surface area contributed by atoms with Gasteiger partial charge in [0.2, 0.25) is 0 Å². The molecule has 0 aliphatic carbocycles. The average Bonchev–Trinajstić information content (AvgIpc) is 2.70. The number of aryl methyl sites for hydroxylation is 1. The Kier molecular flexibility index (Phi) is 5.71. The third-order valence-corrected chi connectivity index (χ3v) is 5.32. The normalized spacial score (nSPS) is 17.6. The van der Waals surface area contributed by atoms with E-state index in [2.05, 4.69) is 44.1 Å². The Morgan fingerprint density at radius 2 is 2.00 bits per heavy atom. The van der Waals surface area contributed by atoms with E-state index in [0.717, 1.165) is 60.6 Å². The number of rotatable bonds is 4. The van der Waals surface area contributed by atoms with Crippen molar-refractivity contribution in [1.82, 2.24) is 15.1 Å². The van der Waals surface area contributed by atoms with Crippen LogP contribution in [0.15, 0.2) is 42.3 Å². The molecule has 1 N–H and O–H groups in total. The number of carbonyl (C=O) groups is 1. The fourth-order valence-corrected chi connectivity index (χ4v) is 3.62. The van der Waals surface area contributed by atoms with Gasteiger partial charge in [0.15, 0.2) is 0 Å². The van der Waals surface area contributed by atoms with Crippen LogP contribution in [-0.2, 0) is 6.42 Å². The lowest BCUT2D eigenvalue weighted by Gasteiger charge is -2.29. The summed E-state index contributed by atoms with van der Waals surface area (Å²) in [5, 5.41) is 3.29. The van der Waals surface area contributed by atoms with Gasteiger partial charge < -0.3 is 19.9 Å². The number of carbonyl (C=O) groups excluding carboxylic acids is 1. The maximum Gasteiger partial charge on any atom is 0.257 e. The van der Waals surface area contributed by atoms with Crippen molar-refractivity contribution in [3.8, 4) is 5.75 Å². The summed E-state index contributed by atoms with van der Waals surface area (Å²) >= 11 is 0. The van der Waals surface area contributed by atoms with Crippen LogP contribution in [0, 0.1) is 0 Å². The van der Waals surface area contributed by atoms with Crippen molar-refractivity contribution < 1.29 is 9.53 Å². The van der Waals surface area contributed by atoms with Gasteiger partial charge in [-0.05, 0) is 47.8 Å². The standard InChI is InChI=1S/C22H29N3O2/c1-6-17-12-18(19-11-15(2)16(3)24(4)14-19)13-20(27-5)21(17)22(26)25-9-7-23-8-10-25/h11-14,23H,3,6-10H2,1-2,4-5H3. The minimum absolute atomic E-state index is 0.0617. The molecule has 0 bridgehead atoms. The molecule has 0 saturated carbocycles. The Bertz CT molecular complexity index is 792. The second-order valence-electron chi connectivity index (χ2n) is 7.08. The van der Waals surface area contributed by atoms with Gasteiger partial charge in [-0.2, -0.15) is 0 Å². The summed E-state index contributed by atoms with van der Waals surface area (Å²) in [6, 6.07) is 4.10. The number of nitrogens with one attached hydrogen (secondary N) is 1. The third kappa shape index (κ3) is 3.78. The van der Waals surface area contributed by atoms with Crippen LogP contribution in [0.3, 0.4) is 0 Å². The largest absolute Gasteiger partial charge is 0.496 e. The van der Waals surface area contributed by atoms with Crippen LogP contribution in [0.25, 0.3) is 5.57 Å². The van der Waals surface area contributed by atoms with Gasteiger partial charge in [-0.15, -0.1) is 0 Å². The van der Waals surface area contributed by atoms with Crippen LogP contribution in [0.1, 0.15) is 35.3 Å². The first-order valence-corrected chi connectivity index (χ1v) is 9.49. The van der Waals surface area contributed by atoms with E-state index in [1.165, 1.54) is 0 Å². The molecular weight excluding hydrogens is 338 g/mol. The first-order valence-electron chi connectivity index (χ1n) is 9.49. The van der Waals surface area contributed by atoms with E-state index in [-0.39, 0.29) is 5.91 Å². The van der Waals surface area contributed by atoms with Crippen molar-refractivity contribution >= 4 is 11.5 Å². The highest BCUT2D eigenvalue weighted by Crippen LogP contribution is 2.33. The Hall–Kier alpha value is -2.53. The van der Waals surface area contributed by atoms with E-state index >= 15 is 0 Å². The summed E-state index contributed by atoms with van der Waals surface area (Å²) < 4.78 is 5.66. The lowest BCUT2D eigenvalue weighted by molar-refractivity contribution is 0.0731. The molecule has 5 heteroatoms.